The van der Waals surface area contributed by atoms with E-state index < -0.39 is 4.92 Å². The molecule has 1 aromatic carbocycles. The van der Waals surface area contributed by atoms with Gasteiger partial charge in [0.2, 0.25) is 0 Å². The predicted octanol–water partition coefficient (Wildman–Crippen LogP) is 2.40. The van der Waals surface area contributed by atoms with Crippen molar-refractivity contribution in [1.29, 1.82) is 0 Å². The Morgan fingerprint density at radius 2 is 2.25 bits per heavy atom. The van der Waals surface area contributed by atoms with Crippen molar-refractivity contribution in [2.24, 2.45) is 0 Å². The third kappa shape index (κ3) is 2.91. The summed E-state index contributed by atoms with van der Waals surface area (Å²) < 4.78 is 0. The first-order chi connectivity index (χ1) is 7.69. The van der Waals surface area contributed by atoms with Gasteiger partial charge in [-0.25, -0.2) is 0 Å². The van der Waals surface area contributed by atoms with Crippen molar-refractivity contribution < 1.29 is 9.72 Å². The highest BCUT2D eigenvalue weighted by atomic mass is 16.6. The summed E-state index contributed by atoms with van der Waals surface area (Å²) in [7, 11) is 0. The fourth-order valence-electron chi connectivity index (χ4n) is 1.23. The number of nitro benzene ring substituents is 1. The molecular weight excluding hydrogens is 208 g/mol. The van der Waals surface area contributed by atoms with Crippen LogP contribution in [0.2, 0.25) is 0 Å². The van der Waals surface area contributed by atoms with E-state index in [0.717, 1.165) is 0 Å². The molecule has 5 heteroatoms. The van der Waals surface area contributed by atoms with Gasteiger partial charge in [0.25, 0.3) is 5.69 Å². The van der Waals surface area contributed by atoms with Crippen molar-refractivity contribution in [3.8, 4) is 0 Å². The summed E-state index contributed by atoms with van der Waals surface area (Å²) in [5.74, 6) is 0. The molecule has 0 aliphatic rings. The minimum absolute atomic E-state index is 0.0892. The second-order valence-corrected chi connectivity index (χ2v) is 3.16. The topological polar surface area (TPSA) is 72.2 Å². The van der Waals surface area contributed by atoms with Crippen LogP contribution in [0.15, 0.2) is 30.9 Å². The average molecular weight is 220 g/mol. The number of hydrogen-bond donors (Lipinski definition) is 1. The SMILES string of the molecule is C=CCCNc1ccc(C=O)cc1[N+](=O)[O-]. The fraction of sp³-hybridized carbons (Fsp3) is 0.182. The number of nitrogens with one attached hydrogen (secondary N) is 1. The smallest absolute Gasteiger partial charge is 0.293 e. The van der Waals surface area contributed by atoms with Gasteiger partial charge in [-0.2, -0.15) is 0 Å². The quantitative estimate of drug-likeness (QED) is 0.262. The number of benzene rings is 1. The van der Waals surface area contributed by atoms with Gasteiger partial charge in [0.05, 0.1) is 4.92 Å². The lowest BCUT2D eigenvalue weighted by Crippen LogP contribution is -2.03. The van der Waals surface area contributed by atoms with Gasteiger partial charge < -0.3 is 5.32 Å². The highest BCUT2D eigenvalue weighted by molar-refractivity contribution is 5.79. The molecule has 16 heavy (non-hydrogen) atoms. The van der Waals surface area contributed by atoms with Crippen molar-refractivity contribution in [2.45, 2.75) is 6.42 Å². The first-order valence-corrected chi connectivity index (χ1v) is 4.77. The van der Waals surface area contributed by atoms with Crippen molar-refractivity contribution >= 4 is 17.7 Å². The van der Waals surface area contributed by atoms with Crippen LogP contribution in [-0.4, -0.2) is 17.8 Å². The minimum atomic E-state index is -0.511. The van der Waals surface area contributed by atoms with E-state index >= 15 is 0 Å². The lowest BCUT2D eigenvalue weighted by Gasteiger charge is -2.05. The zero-order valence-electron chi connectivity index (χ0n) is 8.68. The Morgan fingerprint density at radius 3 is 2.81 bits per heavy atom. The Balaban J connectivity index is 2.93. The number of nitrogens with zero attached hydrogens (tertiary/aromatic N) is 1. The zero-order chi connectivity index (χ0) is 12.0. The molecule has 0 aromatic heterocycles. The Hall–Kier alpha value is -2.17. The maximum atomic E-state index is 10.8. The largest absolute Gasteiger partial charge is 0.379 e. The highest BCUT2D eigenvalue weighted by Gasteiger charge is 2.13. The normalized spacial score (nSPS) is 9.50. The van der Waals surface area contributed by atoms with Crippen LogP contribution in [0, 0.1) is 10.1 Å². The number of carbonyl (C=O) groups excluding carboxylic acids is 1. The van der Waals surface area contributed by atoms with E-state index in [0.29, 0.717) is 30.5 Å². The maximum absolute atomic E-state index is 10.8. The summed E-state index contributed by atoms with van der Waals surface area (Å²) in [4.78, 5) is 20.7. The minimum Gasteiger partial charge on any atom is -0.379 e. The number of aldehydes is 1. The Labute approximate surface area is 92.9 Å². The number of rotatable bonds is 6. The Kier molecular flexibility index (Phi) is 4.20. The highest BCUT2D eigenvalue weighted by Crippen LogP contribution is 2.24. The van der Waals surface area contributed by atoms with Gasteiger partial charge in [0.1, 0.15) is 12.0 Å². The van der Waals surface area contributed by atoms with Crippen LogP contribution in [0.5, 0.6) is 0 Å². The first kappa shape index (κ1) is 11.9. The van der Waals surface area contributed by atoms with Gasteiger partial charge in [-0.1, -0.05) is 6.08 Å². The summed E-state index contributed by atoms with van der Waals surface area (Å²) in [6, 6.07) is 4.32. The summed E-state index contributed by atoms with van der Waals surface area (Å²) in [6.07, 6.45) is 3.02. The van der Waals surface area contributed by atoms with Crippen LogP contribution in [0.3, 0.4) is 0 Å². The molecule has 1 rings (SSSR count). The third-order valence-corrected chi connectivity index (χ3v) is 2.02. The van der Waals surface area contributed by atoms with Crippen LogP contribution in [-0.2, 0) is 0 Å². The number of hydrogen-bond acceptors (Lipinski definition) is 4. The molecular formula is C11H12N2O3. The Morgan fingerprint density at radius 1 is 1.50 bits per heavy atom. The molecule has 0 atom stereocenters. The van der Waals surface area contributed by atoms with E-state index in [9.17, 15) is 14.9 Å². The average Bonchev–Trinajstić information content (AvgIpc) is 2.29. The summed E-state index contributed by atoms with van der Waals surface area (Å²) in [5.41, 5.74) is 0.618. The monoisotopic (exact) mass is 220 g/mol. The number of carbonyl (C=O) groups is 1. The molecule has 0 saturated heterocycles. The van der Waals surface area contributed by atoms with E-state index in [1.165, 1.54) is 18.2 Å². The molecule has 0 aliphatic heterocycles. The van der Waals surface area contributed by atoms with Gasteiger partial charge >= 0.3 is 0 Å². The molecule has 1 N–H and O–H groups in total. The molecule has 0 aliphatic carbocycles. The zero-order valence-corrected chi connectivity index (χ0v) is 8.68. The van der Waals surface area contributed by atoms with Crippen LogP contribution in [0.1, 0.15) is 16.8 Å². The molecule has 5 nitrogen and oxygen atoms in total. The second kappa shape index (κ2) is 5.65. The van der Waals surface area contributed by atoms with Crippen LogP contribution < -0.4 is 5.32 Å². The fourth-order valence-corrected chi connectivity index (χ4v) is 1.23. The molecule has 0 radical (unpaired) electrons. The van der Waals surface area contributed by atoms with E-state index in [1.807, 2.05) is 0 Å². The molecule has 84 valence electrons. The van der Waals surface area contributed by atoms with E-state index in [-0.39, 0.29) is 5.69 Å². The van der Waals surface area contributed by atoms with Crippen molar-refractivity contribution in [3.05, 3.63) is 46.5 Å². The van der Waals surface area contributed by atoms with E-state index in [2.05, 4.69) is 11.9 Å². The number of anilines is 1. The van der Waals surface area contributed by atoms with E-state index in [1.54, 1.807) is 6.08 Å². The summed E-state index contributed by atoms with van der Waals surface area (Å²) in [5, 5.41) is 13.7. The standard InChI is InChI=1S/C11H12N2O3/c1-2-3-6-12-10-5-4-9(8-14)7-11(10)13(15)16/h2,4-5,7-8,12H,1,3,6H2. The number of nitro groups is 1. The molecule has 0 bridgehead atoms. The van der Waals surface area contributed by atoms with Crippen molar-refractivity contribution in [2.75, 3.05) is 11.9 Å². The lowest BCUT2D eigenvalue weighted by molar-refractivity contribution is -0.384. The third-order valence-electron chi connectivity index (χ3n) is 2.02. The second-order valence-electron chi connectivity index (χ2n) is 3.16. The summed E-state index contributed by atoms with van der Waals surface area (Å²) in [6.45, 7) is 4.13. The van der Waals surface area contributed by atoms with Crippen LogP contribution >= 0.6 is 0 Å². The molecule has 0 spiro atoms. The van der Waals surface area contributed by atoms with Gasteiger partial charge in [0.15, 0.2) is 0 Å². The van der Waals surface area contributed by atoms with Gasteiger partial charge in [-0.05, 0) is 18.6 Å². The molecule has 0 saturated carbocycles. The van der Waals surface area contributed by atoms with E-state index in [4.69, 9.17) is 0 Å². The van der Waals surface area contributed by atoms with Gasteiger partial charge in [-0.15, -0.1) is 6.58 Å². The molecule has 0 unspecified atom stereocenters. The lowest BCUT2D eigenvalue weighted by atomic mass is 10.2. The predicted molar refractivity (Wildman–Crippen MR) is 61.8 cm³/mol. The molecule has 0 heterocycles. The molecule has 1 aromatic rings. The van der Waals surface area contributed by atoms with Gasteiger partial charge in [0, 0.05) is 18.2 Å². The van der Waals surface area contributed by atoms with Gasteiger partial charge in [-0.3, -0.25) is 14.9 Å². The van der Waals surface area contributed by atoms with Crippen LogP contribution in [0.4, 0.5) is 11.4 Å². The van der Waals surface area contributed by atoms with Crippen molar-refractivity contribution in [3.63, 3.8) is 0 Å². The molecule has 0 fully saturated rings. The molecule has 0 amide bonds. The summed E-state index contributed by atoms with van der Waals surface area (Å²) >= 11 is 0. The van der Waals surface area contributed by atoms with Crippen molar-refractivity contribution in [1.82, 2.24) is 0 Å². The maximum Gasteiger partial charge on any atom is 0.293 e. The van der Waals surface area contributed by atoms with Crippen LogP contribution in [0.25, 0.3) is 0 Å². The first-order valence-electron chi connectivity index (χ1n) is 4.77. The Bertz CT molecular complexity index is 416.